The fourth-order valence-corrected chi connectivity index (χ4v) is 3.21. The number of benzene rings is 1. The Morgan fingerprint density at radius 2 is 2.24 bits per heavy atom. The first-order valence-corrected chi connectivity index (χ1v) is 8.67. The lowest BCUT2D eigenvalue weighted by Crippen LogP contribution is -2.40. The van der Waals surface area contributed by atoms with E-state index in [2.05, 4.69) is 20.2 Å². The van der Waals surface area contributed by atoms with Gasteiger partial charge in [-0.2, -0.15) is 0 Å². The fourth-order valence-electron chi connectivity index (χ4n) is 3.21. The van der Waals surface area contributed by atoms with Crippen molar-refractivity contribution >= 4 is 5.91 Å². The number of likely N-dealkylation sites (tertiary alicyclic amines) is 1. The standard InChI is InChI=1S/C19H24N4O2/c1-14-9-21-18(11-20-14)19(25)22-10-16-5-3-7-23(13-16)12-15-4-2-6-17(24)8-15/h2,4,6,8-9,11,16,24H,3,5,7,10,12-13H2,1H3,(H,22,25). The monoisotopic (exact) mass is 340 g/mol. The molecule has 1 aliphatic heterocycles. The van der Waals surface area contributed by atoms with Crippen LogP contribution in [0.2, 0.25) is 0 Å². The molecule has 1 fully saturated rings. The van der Waals surface area contributed by atoms with E-state index in [0.717, 1.165) is 43.7 Å². The van der Waals surface area contributed by atoms with Gasteiger partial charge in [0.1, 0.15) is 11.4 Å². The Morgan fingerprint density at radius 1 is 1.36 bits per heavy atom. The van der Waals surface area contributed by atoms with Crippen molar-refractivity contribution in [2.45, 2.75) is 26.3 Å². The van der Waals surface area contributed by atoms with E-state index in [-0.39, 0.29) is 5.91 Å². The molecule has 1 aromatic heterocycles. The van der Waals surface area contributed by atoms with E-state index < -0.39 is 0 Å². The Bertz CT molecular complexity index is 718. The number of carbonyl (C=O) groups is 1. The third kappa shape index (κ3) is 5.00. The van der Waals surface area contributed by atoms with Crippen LogP contribution in [-0.4, -0.2) is 45.5 Å². The van der Waals surface area contributed by atoms with E-state index in [1.165, 1.54) is 6.20 Å². The maximum atomic E-state index is 12.2. The highest BCUT2D eigenvalue weighted by atomic mass is 16.3. The van der Waals surface area contributed by atoms with Crippen LogP contribution in [0.25, 0.3) is 0 Å². The first-order valence-electron chi connectivity index (χ1n) is 8.67. The van der Waals surface area contributed by atoms with Crippen LogP contribution >= 0.6 is 0 Å². The smallest absolute Gasteiger partial charge is 0.271 e. The summed E-state index contributed by atoms with van der Waals surface area (Å²) in [4.78, 5) is 22.8. The van der Waals surface area contributed by atoms with Gasteiger partial charge in [-0.25, -0.2) is 4.98 Å². The van der Waals surface area contributed by atoms with E-state index in [1.807, 2.05) is 19.1 Å². The number of piperidine rings is 1. The van der Waals surface area contributed by atoms with Crippen molar-refractivity contribution in [1.82, 2.24) is 20.2 Å². The van der Waals surface area contributed by atoms with Gasteiger partial charge in [-0.05, 0) is 49.9 Å². The molecule has 3 rings (SSSR count). The molecule has 2 N–H and O–H groups in total. The maximum Gasteiger partial charge on any atom is 0.271 e. The van der Waals surface area contributed by atoms with Gasteiger partial charge in [-0.3, -0.25) is 14.7 Å². The summed E-state index contributed by atoms with van der Waals surface area (Å²) < 4.78 is 0. The summed E-state index contributed by atoms with van der Waals surface area (Å²) in [6, 6.07) is 7.39. The minimum atomic E-state index is -0.169. The van der Waals surface area contributed by atoms with Crippen LogP contribution in [0, 0.1) is 12.8 Å². The zero-order chi connectivity index (χ0) is 17.6. The minimum Gasteiger partial charge on any atom is -0.508 e. The third-order valence-electron chi connectivity index (χ3n) is 4.48. The van der Waals surface area contributed by atoms with Crippen molar-refractivity contribution in [3.8, 4) is 5.75 Å². The number of hydrogen-bond donors (Lipinski definition) is 2. The van der Waals surface area contributed by atoms with Crippen LogP contribution in [0.3, 0.4) is 0 Å². The zero-order valence-corrected chi connectivity index (χ0v) is 14.5. The molecular weight excluding hydrogens is 316 g/mol. The molecular formula is C19H24N4O2. The largest absolute Gasteiger partial charge is 0.508 e. The predicted octanol–water partition coefficient (Wildman–Crippen LogP) is 2.13. The van der Waals surface area contributed by atoms with E-state index in [0.29, 0.717) is 23.9 Å². The van der Waals surface area contributed by atoms with Crippen molar-refractivity contribution in [1.29, 1.82) is 0 Å². The molecule has 0 bridgehead atoms. The van der Waals surface area contributed by atoms with Crippen molar-refractivity contribution in [2.75, 3.05) is 19.6 Å². The SMILES string of the molecule is Cc1cnc(C(=O)NCC2CCCN(Cc3cccc(O)c3)C2)cn1. The molecule has 2 aromatic rings. The van der Waals surface area contributed by atoms with Gasteiger partial charge < -0.3 is 10.4 Å². The first kappa shape index (κ1) is 17.4. The topological polar surface area (TPSA) is 78.4 Å². The molecule has 1 aliphatic rings. The van der Waals surface area contributed by atoms with Gasteiger partial charge in [0, 0.05) is 25.8 Å². The molecule has 0 aliphatic carbocycles. The van der Waals surface area contributed by atoms with E-state index in [9.17, 15) is 9.90 Å². The fraction of sp³-hybridized carbons (Fsp3) is 0.421. The summed E-state index contributed by atoms with van der Waals surface area (Å²) in [5.41, 5.74) is 2.27. The highest BCUT2D eigenvalue weighted by molar-refractivity contribution is 5.91. The quantitative estimate of drug-likeness (QED) is 0.872. The molecule has 1 aromatic carbocycles. The van der Waals surface area contributed by atoms with Crippen LogP contribution in [0.5, 0.6) is 5.75 Å². The number of phenols is 1. The van der Waals surface area contributed by atoms with Gasteiger partial charge in [0.25, 0.3) is 5.91 Å². The summed E-state index contributed by atoms with van der Waals surface area (Å²) in [7, 11) is 0. The van der Waals surface area contributed by atoms with Crippen LogP contribution in [0.1, 0.15) is 34.6 Å². The number of nitrogens with zero attached hydrogens (tertiary/aromatic N) is 3. The highest BCUT2D eigenvalue weighted by Gasteiger charge is 2.21. The van der Waals surface area contributed by atoms with Crippen LogP contribution in [0.4, 0.5) is 0 Å². The Labute approximate surface area is 147 Å². The molecule has 0 saturated carbocycles. The van der Waals surface area contributed by atoms with Gasteiger partial charge in [0.15, 0.2) is 0 Å². The summed E-state index contributed by atoms with van der Waals surface area (Å²) in [5.74, 6) is 0.559. The van der Waals surface area contributed by atoms with Crippen LogP contribution in [-0.2, 0) is 6.54 Å². The van der Waals surface area contributed by atoms with Gasteiger partial charge in [0.2, 0.25) is 0 Å². The second kappa shape index (κ2) is 8.07. The lowest BCUT2D eigenvalue weighted by atomic mass is 9.97. The molecule has 0 radical (unpaired) electrons. The average molecular weight is 340 g/mol. The number of phenolic OH excluding ortho intramolecular Hbond substituents is 1. The lowest BCUT2D eigenvalue weighted by Gasteiger charge is -2.32. The molecule has 6 nitrogen and oxygen atoms in total. The number of aryl methyl sites for hydroxylation is 1. The predicted molar refractivity (Wildman–Crippen MR) is 95.2 cm³/mol. The molecule has 1 atom stereocenters. The van der Waals surface area contributed by atoms with E-state index >= 15 is 0 Å². The normalized spacial score (nSPS) is 18.0. The molecule has 0 spiro atoms. The first-order chi connectivity index (χ1) is 12.1. The Hall–Kier alpha value is -2.47. The number of aromatic hydroxyl groups is 1. The van der Waals surface area contributed by atoms with Crippen LogP contribution < -0.4 is 5.32 Å². The van der Waals surface area contributed by atoms with Crippen molar-refractivity contribution in [3.63, 3.8) is 0 Å². The van der Waals surface area contributed by atoms with Crippen molar-refractivity contribution in [2.24, 2.45) is 5.92 Å². The molecule has 132 valence electrons. The summed E-state index contributed by atoms with van der Waals surface area (Å²) in [5, 5.41) is 12.6. The van der Waals surface area contributed by atoms with Gasteiger partial charge in [-0.15, -0.1) is 0 Å². The number of amides is 1. The molecule has 1 amide bonds. The minimum absolute atomic E-state index is 0.169. The lowest BCUT2D eigenvalue weighted by molar-refractivity contribution is 0.0925. The summed E-state index contributed by atoms with van der Waals surface area (Å²) >= 11 is 0. The number of rotatable bonds is 5. The Morgan fingerprint density at radius 3 is 3.00 bits per heavy atom. The number of nitrogens with one attached hydrogen (secondary N) is 1. The summed E-state index contributed by atoms with van der Waals surface area (Å²) in [6.45, 7) is 5.30. The molecule has 1 saturated heterocycles. The highest BCUT2D eigenvalue weighted by Crippen LogP contribution is 2.19. The van der Waals surface area contributed by atoms with E-state index in [1.54, 1.807) is 18.3 Å². The number of aromatic nitrogens is 2. The molecule has 6 heteroatoms. The Kier molecular flexibility index (Phi) is 5.60. The van der Waals surface area contributed by atoms with Crippen molar-refractivity contribution < 1.29 is 9.90 Å². The summed E-state index contributed by atoms with van der Waals surface area (Å²) in [6.07, 6.45) is 5.34. The zero-order valence-electron chi connectivity index (χ0n) is 14.5. The third-order valence-corrected chi connectivity index (χ3v) is 4.48. The van der Waals surface area contributed by atoms with Crippen molar-refractivity contribution in [3.05, 3.63) is 53.6 Å². The second-order valence-electron chi connectivity index (χ2n) is 6.67. The van der Waals surface area contributed by atoms with Gasteiger partial charge >= 0.3 is 0 Å². The van der Waals surface area contributed by atoms with Crippen LogP contribution in [0.15, 0.2) is 36.7 Å². The Balaban J connectivity index is 1.49. The van der Waals surface area contributed by atoms with Gasteiger partial charge in [0.05, 0.1) is 11.9 Å². The average Bonchev–Trinajstić information content (AvgIpc) is 2.61. The number of carbonyl (C=O) groups excluding carboxylic acids is 1. The maximum absolute atomic E-state index is 12.2. The molecule has 1 unspecified atom stereocenters. The van der Waals surface area contributed by atoms with Gasteiger partial charge in [-0.1, -0.05) is 12.1 Å². The molecule has 25 heavy (non-hydrogen) atoms. The molecule has 2 heterocycles. The second-order valence-corrected chi connectivity index (χ2v) is 6.67. The number of hydrogen-bond acceptors (Lipinski definition) is 5. The van der Waals surface area contributed by atoms with E-state index in [4.69, 9.17) is 0 Å².